The van der Waals surface area contributed by atoms with Crippen molar-refractivity contribution in [3.8, 4) is 5.75 Å². The topological polar surface area (TPSA) is 135 Å². The third-order valence-corrected chi connectivity index (χ3v) is 7.66. The summed E-state index contributed by atoms with van der Waals surface area (Å²) in [6, 6.07) is 4.50. The third-order valence-electron chi connectivity index (χ3n) is 7.66. The van der Waals surface area contributed by atoms with Gasteiger partial charge in [-0.2, -0.15) is 0 Å². The number of nitrogens with one attached hydrogen (secondary N) is 3. The fourth-order valence-corrected chi connectivity index (χ4v) is 5.29. The molecule has 0 atom stereocenters. The second-order valence-corrected chi connectivity index (χ2v) is 10.2. The summed E-state index contributed by atoms with van der Waals surface area (Å²) in [5.74, 6) is -2.57. The smallest absolute Gasteiger partial charge is 0.311 e. The van der Waals surface area contributed by atoms with Gasteiger partial charge in [0, 0.05) is 32.7 Å². The Morgan fingerprint density at radius 3 is 2.45 bits per heavy atom. The van der Waals surface area contributed by atoms with Crippen molar-refractivity contribution in [3.05, 3.63) is 57.0 Å². The number of amides is 3. The number of likely N-dealkylation sites (N-methyl/N-ethyl adjacent to an activating group) is 2. The number of fused-ring (bicyclic) bond motifs is 2. The lowest BCUT2D eigenvalue weighted by molar-refractivity contribution is -0.145. The van der Waals surface area contributed by atoms with Crippen LogP contribution in [0.1, 0.15) is 53.1 Å². The van der Waals surface area contributed by atoms with E-state index in [4.69, 9.17) is 4.74 Å². The Hall–Kier alpha value is -3.80. The number of nitrogens with zero attached hydrogens (tertiary/aromatic N) is 3. The minimum atomic E-state index is -1.13. The van der Waals surface area contributed by atoms with Gasteiger partial charge in [0.1, 0.15) is 11.6 Å². The SMILES string of the molecule is CNC12CCC(NC(=O)C(=O)N(C)C)(CC1)c1nc(C(=O)NCc3ccc(F)c(C)c3)c(OC)c(=O)n1C2. The predicted molar refractivity (Wildman–Crippen MR) is 136 cm³/mol. The molecular formula is C26H33FN6O5. The molecule has 0 unspecified atom stereocenters. The van der Waals surface area contributed by atoms with Crippen LogP contribution in [0.4, 0.5) is 4.39 Å². The van der Waals surface area contributed by atoms with Crippen molar-refractivity contribution in [2.24, 2.45) is 0 Å². The van der Waals surface area contributed by atoms with Crippen LogP contribution in [0.2, 0.25) is 0 Å². The summed E-state index contributed by atoms with van der Waals surface area (Å²) in [4.78, 5) is 58.1. The van der Waals surface area contributed by atoms with Gasteiger partial charge < -0.3 is 25.6 Å². The van der Waals surface area contributed by atoms with Gasteiger partial charge in [-0.05, 0) is 56.8 Å². The second kappa shape index (κ2) is 10.2. The van der Waals surface area contributed by atoms with Crippen LogP contribution >= 0.6 is 0 Å². The molecule has 2 aromatic rings. The first kappa shape index (κ1) is 27.2. The minimum Gasteiger partial charge on any atom is -0.489 e. The molecule has 1 aromatic carbocycles. The monoisotopic (exact) mass is 528 g/mol. The number of methoxy groups -OCH3 is 1. The Morgan fingerprint density at radius 2 is 1.87 bits per heavy atom. The van der Waals surface area contributed by atoms with E-state index in [0.29, 0.717) is 36.8 Å². The maximum absolute atomic E-state index is 13.7. The Kier molecular flexibility index (Phi) is 7.29. The van der Waals surface area contributed by atoms with Gasteiger partial charge in [0.15, 0.2) is 5.69 Å². The molecule has 0 spiro atoms. The van der Waals surface area contributed by atoms with Gasteiger partial charge in [0.25, 0.3) is 11.5 Å². The van der Waals surface area contributed by atoms with Crippen molar-refractivity contribution in [1.82, 2.24) is 30.4 Å². The van der Waals surface area contributed by atoms with Crippen molar-refractivity contribution in [1.29, 1.82) is 0 Å². The van der Waals surface area contributed by atoms with Gasteiger partial charge in [-0.25, -0.2) is 9.37 Å². The fourth-order valence-electron chi connectivity index (χ4n) is 5.29. The number of halogens is 1. The average Bonchev–Trinajstić information content (AvgIpc) is 3.12. The molecule has 204 valence electrons. The molecule has 11 nitrogen and oxygen atoms in total. The molecule has 2 bridgehead atoms. The van der Waals surface area contributed by atoms with Crippen LogP contribution in [-0.4, -0.2) is 66.0 Å². The van der Waals surface area contributed by atoms with Gasteiger partial charge in [-0.3, -0.25) is 23.7 Å². The van der Waals surface area contributed by atoms with E-state index in [-0.39, 0.29) is 36.2 Å². The van der Waals surface area contributed by atoms with Gasteiger partial charge >= 0.3 is 11.8 Å². The number of benzene rings is 1. The summed E-state index contributed by atoms with van der Waals surface area (Å²) < 4.78 is 20.4. The highest BCUT2D eigenvalue weighted by Gasteiger charge is 2.51. The normalized spacial score (nSPS) is 21.7. The van der Waals surface area contributed by atoms with Gasteiger partial charge in [0.2, 0.25) is 5.75 Å². The van der Waals surface area contributed by atoms with E-state index in [0.717, 1.165) is 0 Å². The van der Waals surface area contributed by atoms with E-state index in [1.165, 1.54) is 36.7 Å². The molecule has 2 aliphatic heterocycles. The average molecular weight is 529 g/mol. The summed E-state index contributed by atoms with van der Waals surface area (Å²) in [6.45, 7) is 1.96. The van der Waals surface area contributed by atoms with E-state index >= 15 is 0 Å². The van der Waals surface area contributed by atoms with Crippen LogP contribution in [0, 0.1) is 12.7 Å². The van der Waals surface area contributed by atoms with E-state index in [9.17, 15) is 23.6 Å². The van der Waals surface area contributed by atoms with E-state index < -0.39 is 34.4 Å². The van der Waals surface area contributed by atoms with Crippen LogP contribution in [-0.2, 0) is 28.2 Å². The Morgan fingerprint density at radius 1 is 1.18 bits per heavy atom. The summed E-state index contributed by atoms with van der Waals surface area (Å²) in [6.07, 6.45) is 2.04. The van der Waals surface area contributed by atoms with E-state index in [1.807, 2.05) is 7.05 Å². The standard InChI is InChI=1S/C26H33FN6O5/c1-15-12-16(6-7-17(15)27)13-29-20(34)18-19(38-5)22(36)33-14-25(28-2)8-10-26(11-9-25,24(33)30-18)31-21(35)23(37)32(3)4/h6-7,12,28H,8-11,13-14H2,1-5H3,(H,29,34)(H,31,35). The zero-order chi connectivity index (χ0) is 27.8. The number of rotatable bonds is 6. The lowest BCUT2D eigenvalue weighted by Gasteiger charge is -2.42. The largest absolute Gasteiger partial charge is 0.489 e. The number of carbonyl (C=O) groups excluding carboxylic acids is 3. The van der Waals surface area contributed by atoms with Crippen LogP contribution < -0.4 is 26.2 Å². The Bertz CT molecular complexity index is 1350. The zero-order valence-electron chi connectivity index (χ0n) is 22.2. The van der Waals surface area contributed by atoms with Gasteiger partial charge in [-0.15, -0.1) is 0 Å². The Balaban J connectivity index is 1.77. The summed E-state index contributed by atoms with van der Waals surface area (Å²) >= 11 is 0. The number of carbonyl (C=O) groups is 3. The highest BCUT2D eigenvalue weighted by atomic mass is 19.1. The van der Waals surface area contributed by atoms with Crippen LogP contribution in [0.25, 0.3) is 0 Å². The molecule has 0 saturated heterocycles. The molecule has 38 heavy (non-hydrogen) atoms. The number of ether oxygens (including phenoxy) is 1. The van der Waals surface area contributed by atoms with Crippen molar-refractivity contribution in [2.75, 3.05) is 28.3 Å². The quantitative estimate of drug-likeness (QED) is 0.467. The summed E-state index contributed by atoms with van der Waals surface area (Å²) in [7, 11) is 6.07. The zero-order valence-corrected chi connectivity index (χ0v) is 22.2. The molecule has 12 heteroatoms. The van der Waals surface area contributed by atoms with Crippen LogP contribution in [0.3, 0.4) is 0 Å². The maximum Gasteiger partial charge on any atom is 0.311 e. The fraction of sp³-hybridized carbons (Fsp3) is 0.500. The lowest BCUT2D eigenvalue weighted by atomic mass is 9.73. The lowest BCUT2D eigenvalue weighted by Crippen LogP contribution is -2.56. The minimum absolute atomic E-state index is 0.0747. The Labute approximate surface area is 219 Å². The summed E-state index contributed by atoms with van der Waals surface area (Å²) in [5.41, 5.74) is -1.22. The molecule has 3 heterocycles. The third kappa shape index (κ3) is 4.75. The number of aryl methyl sites for hydroxylation is 1. The van der Waals surface area contributed by atoms with E-state index in [1.54, 1.807) is 19.1 Å². The van der Waals surface area contributed by atoms with Crippen molar-refractivity contribution in [2.45, 2.75) is 56.8 Å². The van der Waals surface area contributed by atoms with E-state index in [2.05, 4.69) is 20.9 Å². The molecule has 3 aliphatic rings. The first-order valence-electron chi connectivity index (χ1n) is 12.4. The molecule has 1 saturated carbocycles. The summed E-state index contributed by atoms with van der Waals surface area (Å²) in [5, 5.41) is 8.90. The first-order valence-corrected chi connectivity index (χ1v) is 12.4. The molecule has 3 N–H and O–H groups in total. The van der Waals surface area contributed by atoms with Crippen LogP contribution in [0.15, 0.2) is 23.0 Å². The van der Waals surface area contributed by atoms with Gasteiger partial charge in [-0.1, -0.05) is 12.1 Å². The molecule has 1 aromatic heterocycles. The number of aromatic nitrogens is 2. The van der Waals surface area contributed by atoms with Crippen LogP contribution in [0.5, 0.6) is 5.75 Å². The predicted octanol–water partition coefficient (Wildman–Crippen LogP) is 0.575. The number of hydrogen-bond acceptors (Lipinski definition) is 7. The molecule has 5 rings (SSSR count). The molecule has 1 aliphatic carbocycles. The van der Waals surface area contributed by atoms with Crippen molar-refractivity contribution in [3.63, 3.8) is 0 Å². The molecule has 1 fully saturated rings. The molecular weight excluding hydrogens is 495 g/mol. The maximum atomic E-state index is 13.7. The highest BCUT2D eigenvalue weighted by Crippen LogP contribution is 2.45. The second-order valence-electron chi connectivity index (χ2n) is 10.2. The molecule has 3 amide bonds. The molecule has 0 radical (unpaired) electrons. The highest BCUT2D eigenvalue weighted by molar-refractivity contribution is 6.35. The van der Waals surface area contributed by atoms with Crippen molar-refractivity contribution >= 4 is 17.7 Å². The number of hydrogen-bond donors (Lipinski definition) is 3. The first-order chi connectivity index (χ1) is 18.0. The van der Waals surface area contributed by atoms with Crippen molar-refractivity contribution < 1.29 is 23.5 Å². The van der Waals surface area contributed by atoms with Gasteiger partial charge in [0.05, 0.1) is 12.6 Å².